The molecule has 0 N–H and O–H groups in total. The van der Waals surface area contributed by atoms with Crippen molar-refractivity contribution in [3.63, 3.8) is 0 Å². The summed E-state index contributed by atoms with van der Waals surface area (Å²) in [7, 11) is 0. The number of hydrogen-bond donors (Lipinski definition) is 0. The third-order valence-corrected chi connectivity index (χ3v) is 2.83. The van der Waals surface area contributed by atoms with Gasteiger partial charge in [0, 0.05) is 12.8 Å². The molecule has 0 unspecified atom stereocenters. The Labute approximate surface area is 83.6 Å². The summed E-state index contributed by atoms with van der Waals surface area (Å²) in [6.07, 6.45) is -0.594. The van der Waals surface area contributed by atoms with E-state index in [1.54, 1.807) is 6.07 Å². The van der Waals surface area contributed by atoms with Crippen LogP contribution in [-0.4, -0.2) is 0 Å². The molecule has 5 heteroatoms. The van der Waals surface area contributed by atoms with Crippen LogP contribution in [0.5, 0.6) is 0 Å². The van der Waals surface area contributed by atoms with Crippen LogP contribution in [0.3, 0.4) is 0 Å². The van der Waals surface area contributed by atoms with Crippen molar-refractivity contribution in [1.82, 2.24) is 0 Å². The summed E-state index contributed by atoms with van der Waals surface area (Å²) >= 11 is 6.37. The van der Waals surface area contributed by atoms with E-state index in [0.29, 0.717) is 4.34 Å². The Kier molecular flexibility index (Phi) is 3.23. The minimum atomic E-state index is -2.92. The van der Waals surface area contributed by atoms with E-state index in [4.69, 9.17) is 16.9 Å². The van der Waals surface area contributed by atoms with Gasteiger partial charge in [-0.25, -0.2) is 8.78 Å². The highest BCUT2D eigenvalue weighted by molar-refractivity contribution is 7.16. The molecule has 13 heavy (non-hydrogen) atoms. The Morgan fingerprint density at radius 1 is 1.54 bits per heavy atom. The van der Waals surface area contributed by atoms with Crippen LogP contribution in [0, 0.1) is 11.3 Å². The fraction of sp³-hybridized carbons (Fsp3) is 0.375. The van der Waals surface area contributed by atoms with E-state index in [9.17, 15) is 8.78 Å². The van der Waals surface area contributed by atoms with Crippen LogP contribution in [0.4, 0.5) is 8.78 Å². The van der Waals surface area contributed by atoms with Crippen LogP contribution in [-0.2, 0) is 5.92 Å². The summed E-state index contributed by atoms with van der Waals surface area (Å²) in [4.78, 5) is -0.0762. The Bertz CT molecular complexity index is 329. The van der Waals surface area contributed by atoms with Gasteiger partial charge in [0.25, 0.3) is 5.92 Å². The third-order valence-electron chi connectivity index (χ3n) is 1.48. The number of thiophene rings is 1. The molecule has 0 amide bonds. The molecule has 0 aliphatic carbocycles. The van der Waals surface area contributed by atoms with Crippen molar-refractivity contribution in [2.24, 2.45) is 0 Å². The molecular weight excluding hydrogens is 216 g/mol. The first-order chi connectivity index (χ1) is 6.06. The summed E-state index contributed by atoms with van der Waals surface area (Å²) in [5.74, 6) is -2.92. The van der Waals surface area contributed by atoms with Gasteiger partial charge in [0.05, 0.1) is 15.3 Å². The molecule has 1 aromatic rings. The number of alkyl halides is 2. The van der Waals surface area contributed by atoms with Gasteiger partial charge in [-0.15, -0.1) is 11.3 Å². The number of nitrogens with zero attached hydrogens (tertiary/aromatic N) is 1. The molecule has 0 fully saturated rings. The van der Waals surface area contributed by atoms with Crippen molar-refractivity contribution in [3.8, 4) is 6.07 Å². The largest absolute Gasteiger partial charge is 0.283 e. The molecule has 0 aliphatic heterocycles. The van der Waals surface area contributed by atoms with Gasteiger partial charge in [0.2, 0.25) is 0 Å². The minimum absolute atomic E-state index is 0.0762. The molecule has 0 aromatic carbocycles. The van der Waals surface area contributed by atoms with E-state index in [2.05, 4.69) is 0 Å². The standard InChI is InChI=1S/C8H6ClF2NS/c9-7-3-2-6(13-7)8(10,11)4-1-5-12/h2-3H,1,4H2. The van der Waals surface area contributed by atoms with E-state index in [0.717, 1.165) is 11.3 Å². The highest BCUT2D eigenvalue weighted by Crippen LogP contribution is 2.38. The maximum Gasteiger partial charge on any atom is 0.283 e. The molecular formula is C8H6ClF2NS. The van der Waals surface area contributed by atoms with E-state index in [1.165, 1.54) is 12.1 Å². The molecule has 0 saturated carbocycles. The molecule has 0 aliphatic rings. The van der Waals surface area contributed by atoms with Gasteiger partial charge >= 0.3 is 0 Å². The normalized spacial score (nSPS) is 11.2. The first kappa shape index (κ1) is 10.4. The van der Waals surface area contributed by atoms with Crippen molar-refractivity contribution in [2.75, 3.05) is 0 Å². The van der Waals surface area contributed by atoms with Gasteiger partial charge in [-0.2, -0.15) is 5.26 Å². The van der Waals surface area contributed by atoms with Gasteiger partial charge < -0.3 is 0 Å². The van der Waals surface area contributed by atoms with Crippen LogP contribution >= 0.6 is 22.9 Å². The smallest absolute Gasteiger partial charge is 0.200 e. The zero-order valence-electron chi connectivity index (χ0n) is 6.56. The molecule has 0 atom stereocenters. The lowest BCUT2D eigenvalue weighted by molar-refractivity contribution is -0.00805. The third kappa shape index (κ3) is 2.64. The lowest BCUT2D eigenvalue weighted by atomic mass is 10.1. The fourth-order valence-corrected chi connectivity index (χ4v) is 1.89. The second-order valence-electron chi connectivity index (χ2n) is 2.47. The van der Waals surface area contributed by atoms with E-state index in [-0.39, 0.29) is 11.3 Å². The van der Waals surface area contributed by atoms with Crippen molar-refractivity contribution in [3.05, 3.63) is 21.3 Å². The summed E-state index contributed by atoms with van der Waals surface area (Å²) in [6.45, 7) is 0. The van der Waals surface area contributed by atoms with Gasteiger partial charge in [0.1, 0.15) is 0 Å². The molecule has 1 heterocycles. The summed E-state index contributed by atoms with van der Waals surface area (Å²) < 4.78 is 26.7. The Morgan fingerprint density at radius 3 is 2.69 bits per heavy atom. The van der Waals surface area contributed by atoms with E-state index >= 15 is 0 Å². The average molecular weight is 222 g/mol. The lowest BCUT2D eigenvalue weighted by Crippen LogP contribution is -2.10. The van der Waals surface area contributed by atoms with Gasteiger partial charge in [-0.3, -0.25) is 0 Å². The number of rotatable bonds is 3. The molecule has 70 valence electrons. The predicted octanol–water partition coefficient (Wildman–Crippen LogP) is 3.80. The molecule has 0 bridgehead atoms. The molecule has 0 saturated heterocycles. The van der Waals surface area contributed by atoms with Crippen molar-refractivity contribution >= 4 is 22.9 Å². The Morgan fingerprint density at radius 2 is 2.23 bits per heavy atom. The highest BCUT2D eigenvalue weighted by atomic mass is 35.5. The summed E-state index contributed by atoms with van der Waals surface area (Å²) in [6, 6.07) is 4.42. The average Bonchev–Trinajstić information content (AvgIpc) is 2.49. The van der Waals surface area contributed by atoms with E-state index in [1.807, 2.05) is 0 Å². The van der Waals surface area contributed by atoms with Crippen LogP contribution < -0.4 is 0 Å². The van der Waals surface area contributed by atoms with Gasteiger partial charge in [-0.05, 0) is 12.1 Å². The minimum Gasteiger partial charge on any atom is -0.200 e. The lowest BCUT2D eigenvalue weighted by Gasteiger charge is -2.11. The van der Waals surface area contributed by atoms with Crippen molar-refractivity contribution in [2.45, 2.75) is 18.8 Å². The zero-order chi connectivity index (χ0) is 9.90. The first-order valence-corrected chi connectivity index (χ1v) is 4.76. The number of hydrogen-bond acceptors (Lipinski definition) is 2. The van der Waals surface area contributed by atoms with Gasteiger partial charge in [-0.1, -0.05) is 11.6 Å². The van der Waals surface area contributed by atoms with Crippen LogP contribution in [0.2, 0.25) is 4.34 Å². The highest BCUT2D eigenvalue weighted by Gasteiger charge is 2.32. The molecule has 1 nitrogen and oxygen atoms in total. The topological polar surface area (TPSA) is 23.8 Å². The maximum atomic E-state index is 13.2. The van der Waals surface area contributed by atoms with Crippen LogP contribution in [0.25, 0.3) is 0 Å². The quantitative estimate of drug-likeness (QED) is 0.762. The fourth-order valence-electron chi connectivity index (χ4n) is 0.847. The van der Waals surface area contributed by atoms with E-state index < -0.39 is 12.3 Å². The zero-order valence-corrected chi connectivity index (χ0v) is 8.13. The number of nitriles is 1. The number of halogens is 3. The van der Waals surface area contributed by atoms with Crippen molar-refractivity contribution < 1.29 is 8.78 Å². The maximum absolute atomic E-state index is 13.2. The second kappa shape index (κ2) is 4.03. The first-order valence-electron chi connectivity index (χ1n) is 3.57. The molecule has 1 aromatic heterocycles. The molecule has 0 spiro atoms. The Balaban J connectivity index is 2.75. The second-order valence-corrected chi connectivity index (χ2v) is 4.18. The monoisotopic (exact) mass is 221 g/mol. The summed E-state index contributed by atoms with van der Waals surface area (Å²) in [5.41, 5.74) is 0. The van der Waals surface area contributed by atoms with Crippen molar-refractivity contribution in [1.29, 1.82) is 5.26 Å². The predicted molar refractivity (Wildman–Crippen MR) is 48.1 cm³/mol. The molecule has 0 radical (unpaired) electrons. The van der Waals surface area contributed by atoms with Crippen LogP contribution in [0.1, 0.15) is 17.7 Å². The van der Waals surface area contributed by atoms with Crippen LogP contribution in [0.15, 0.2) is 12.1 Å². The molecule has 1 rings (SSSR count). The van der Waals surface area contributed by atoms with Gasteiger partial charge in [0.15, 0.2) is 0 Å². The Hall–Kier alpha value is -0.660. The SMILES string of the molecule is N#CCCC(F)(F)c1ccc(Cl)s1. The summed E-state index contributed by atoms with van der Waals surface area (Å²) in [5, 5.41) is 8.18.